The van der Waals surface area contributed by atoms with E-state index in [1.54, 1.807) is 0 Å². The van der Waals surface area contributed by atoms with Crippen molar-refractivity contribution in [2.75, 3.05) is 0 Å². The van der Waals surface area contributed by atoms with Crippen LogP contribution in [0.2, 0.25) is 17.6 Å². The minimum absolute atomic E-state index is 0.240. The van der Waals surface area contributed by atoms with Crippen LogP contribution in [0, 0.1) is 11.3 Å². The highest BCUT2D eigenvalue weighted by molar-refractivity contribution is 7.21. The third-order valence-electron chi connectivity index (χ3n) is 2.50. The fourth-order valence-electron chi connectivity index (χ4n) is 0.874. The van der Waals surface area contributed by atoms with Crippen LogP contribution < -0.4 is 0 Å². The normalized spacial score (nSPS) is 16.7. The number of halogens is 1. The second-order valence-electron chi connectivity index (χ2n) is 4.46. The van der Waals surface area contributed by atoms with Gasteiger partial charge in [-0.15, -0.1) is 0 Å². The maximum atomic E-state index is 8.39. The molecule has 0 aliphatic heterocycles. The average Bonchev–Trinajstić information content (AvgIpc) is 1.85. The summed E-state index contributed by atoms with van der Waals surface area (Å²) >= 11 is 6.48. The lowest BCUT2D eigenvalue weighted by Gasteiger charge is -2.33. The van der Waals surface area contributed by atoms with E-state index < -0.39 is 7.38 Å². The van der Waals surface area contributed by atoms with E-state index in [1.807, 2.05) is 0 Å². The van der Waals surface area contributed by atoms with Crippen LogP contribution in [-0.4, -0.2) is 7.38 Å². The zero-order valence-electron chi connectivity index (χ0n) is 8.45. The Morgan fingerprint density at radius 3 is 2.25 bits per heavy atom. The Kier molecular flexibility index (Phi) is 4.29. The summed E-state index contributed by atoms with van der Waals surface area (Å²) in [5.41, 5.74) is 0. The lowest BCUT2D eigenvalue weighted by Crippen LogP contribution is -2.34. The minimum atomic E-state index is -1.62. The second-order valence-corrected chi connectivity index (χ2v) is 11.4. The summed E-state index contributed by atoms with van der Waals surface area (Å²) in [4.78, 5) is 0. The van der Waals surface area contributed by atoms with Gasteiger partial charge in [-0.25, -0.2) is 0 Å². The Bertz CT molecular complexity index is 176. The summed E-state index contributed by atoms with van der Waals surface area (Å²) in [5, 5.41) is 8.63. The van der Waals surface area contributed by atoms with E-state index in [0.29, 0.717) is 6.42 Å². The van der Waals surface area contributed by atoms with Gasteiger partial charge in [0, 0.05) is 6.42 Å². The van der Waals surface area contributed by atoms with Crippen LogP contribution in [0.3, 0.4) is 0 Å². The predicted molar refractivity (Wildman–Crippen MR) is 56.8 cm³/mol. The van der Waals surface area contributed by atoms with E-state index in [9.17, 15) is 0 Å². The first kappa shape index (κ1) is 12.0. The van der Waals surface area contributed by atoms with Crippen molar-refractivity contribution in [2.45, 2.75) is 51.2 Å². The van der Waals surface area contributed by atoms with E-state index in [4.69, 9.17) is 16.3 Å². The van der Waals surface area contributed by atoms with Gasteiger partial charge in [-0.05, 0) is 17.5 Å². The van der Waals surface area contributed by atoms with Gasteiger partial charge in [-0.3, -0.25) is 0 Å². The standard InChI is InChI=1S/C9H18ClNSi/c1-9(2,3)12(4,10)8-6-5-7-11/h5-6,8H2,1-4H3. The molecule has 0 radical (unpaired) electrons. The van der Waals surface area contributed by atoms with Crippen molar-refractivity contribution in [1.82, 2.24) is 0 Å². The molecule has 0 aromatic heterocycles. The Labute approximate surface area is 81.4 Å². The van der Waals surface area contributed by atoms with Gasteiger partial charge in [-0.1, -0.05) is 27.3 Å². The van der Waals surface area contributed by atoms with Crippen LogP contribution in [0.15, 0.2) is 0 Å². The summed E-state index contributed by atoms with van der Waals surface area (Å²) in [6.45, 7) is 8.77. The van der Waals surface area contributed by atoms with Gasteiger partial charge in [0.15, 0.2) is 7.38 Å². The molecule has 1 nitrogen and oxygen atoms in total. The molecule has 1 unspecified atom stereocenters. The highest BCUT2D eigenvalue weighted by atomic mass is 35.6. The highest BCUT2D eigenvalue weighted by Crippen LogP contribution is 2.42. The molecule has 0 saturated heterocycles. The van der Waals surface area contributed by atoms with Gasteiger partial charge in [0.2, 0.25) is 0 Å². The van der Waals surface area contributed by atoms with Gasteiger partial charge in [-0.2, -0.15) is 16.3 Å². The van der Waals surface area contributed by atoms with Crippen LogP contribution in [0.5, 0.6) is 0 Å². The van der Waals surface area contributed by atoms with Crippen molar-refractivity contribution in [3.63, 3.8) is 0 Å². The molecule has 0 aromatic carbocycles. The maximum Gasteiger partial charge on any atom is 0.158 e. The largest absolute Gasteiger partial charge is 0.198 e. The number of unbranched alkanes of at least 4 members (excludes halogenated alkanes) is 1. The van der Waals surface area contributed by atoms with Gasteiger partial charge >= 0.3 is 0 Å². The van der Waals surface area contributed by atoms with Crippen LogP contribution in [-0.2, 0) is 0 Å². The topological polar surface area (TPSA) is 23.8 Å². The first-order valence-electron chi connectivity index (χ1n) is 4.37. The van der Waals surface area contributed by atoms with Crippen molar-refractivity contribution in [3.8, 4) is 6.07 Å². The summed E-state index contributed by atoms with van der Waals surface area (Å²) in [6.07, 6.45) is 1.60. The molecule has 0 rings (SSSR count). The summed E-state index contributed by atoms with van der Waals surface area (Å²) < 4.78 is 0. The highest BCUT2D eigenvalue weighted by Gasteiger charge is 2.37. The summed E-state index contributed by atoms with van der Waals surface area (Å²) in [5.74, 6) is 0. The SMILES string of the molecule is CC(C)(C)[Si](C)(Cl)CCCC#N. The second kappa shape index (κ2) is 4.29. The van der Waals surface area contributed by atoms with Crippen LogP contribution >= 0.6 is 11.1 Å². The van der Waals surface area contributed by atoms with Gasteiger partial charge in [0.05, 0.1) is 6.07 Å². The lowest BCUT2D eigenvalue weighted by molar-refractivity contribution is 0.719. The Balaban J connectivity index is 3.98. The van der Waals surface area contributed by atoms with E-state index >= 15 is 0 Å². The lowest BCUT2D eigenvalue weighted by atomic mass is 10.2. The first-order chi connectivity index (χ1) is 5.31. The average molecular weight is 204 g/mol. The number of rotatable bonds is 3. The molecule has 0 aliphatic carbocycles. The van der Waals surface area contributed by atoms with Gasteiger partial charge in [0.1, 0.15) is 0 Å². The molecular weight excluding hydrogens is 186 g/mol. The van der Waals surface area contributed by atoms with Crippen molar-refractivity contribution in [2.24, 2.45) is 0 Å². The van der Waals surface area contributed by atoms with Crippen LogP contribution in [0.4, 0.5) is 0 Å². The molecule has 3 heteroatoms. The fraction of sp³-hybridized carbons (Fsp3) is 0.889. The van der Waals surface area contributed by atoms with Crippen molar-refractivity contribution in [3.05, 3.63) is 0 Å². The molecule has 0 fully saturated rings. The fourth-order valence-corrected chi connectivity index (χ4v) is 2.87. The monoisotopic (exact) mass is 203 g/mol. The summed E-state index contributed by atoms with van der Waals surface area (Å²) in [7, 11) is -1.62. The van der Waals surface area contributed by atoms with E-state index in [2.05, 4.69) is 33.4 Å². The smallest absolute Gasteiger partial charge is 0.158 e. The Morgan fingerprint density at radius 1 is 1.42 bits per heavy atom. The Hall–Kier alpha value is -0.00312. The first-order valence-corrected chi connectivity index (χ1v) is 8.09. The van der Waals surface area contributed by atoms with Crippen molar-refractivity contribution in [1.29, 1.82) is 5.26 Å². The molecule has 0 N–H and O–H groups in total. The quantitative estimate of drug-likeness (QED) is 0.388. The van der Waals surface area contributed by atoms with Crippen LogP contribution in [0.25, 0.3) is 0 Å². The molecule has 0 aromatic rings. The predicted octanol–water partition coefficient (Wildman–Crippen LogP) is 3.90. The van der Waals surface area contributed by atoms with E-state index in [0.717, 1.165) is 12.5 Å². The zero-order valence-corrected chi connectivity index (χ0v) is 10.2. The molecule has 0 bridgehead atoms. The summed E-state index contributed by atoms with van der Waals surface area (Å²) in [6, 6.07) is 3.20. The molecule has 0 aliphatic rings. The molecule has 12 heavy (non-hydrogen) atoms. The maximum absolute atomic E-state index is 8.39. The number of nitrogens with zero attached hydrogens (tertiary/aromatic N) is 1. The third-order valence-corrected chi connectivity index (χ3v) is 9.19. The third kappa shape index (κ3) is 3.60. The van der Waals surface area contributed by atoms with E-state index in [-0.39, 0.29) is 5.04 Å². The molecular formula is C9H18ClNSi. The van der Waals surface area contributed by atoms with Crippen LogP contribution in [0.1, 0.15) is 33.6 Å². The number of hydrogen-bond donors (Lipinski definition) is 0. The van der Waals surface area contributed by atoms with Crippen molar-refractivity contribution >= 4 is 18.5 Å². The van der Waals surface area contributed by atoms with E-state index in [1.165, 1.54) is 0 Å². The van der Waals surface area contributed by atoms with Gasteiger partial charge < -0.3 is 0 Å². The minimum Gasteiger partial charge on any atom is -0.198 e. The molecule has 70 valence electrons. The molecule has 0 saturated carbocycles. The molecule has 0 spiro atoms. The number of nitriles is 1. The van der Waals surface area contributed by atoms with Crippen molar-refractivity contribution < 1.29 is 0 Å². The Morgan fingerprint density at radius 2 is 1.92 bits per heavy atom. The van der Waals surface area contributed by atoms with Gasteiger partial charge in [0.25, 0.3) is 0 Å². The zero-order chi connectivity index (χ0) is 9.83. The molecule has 0 heterocycles. The number of hydrogen-bond acceptors (Lipinski definition) is 1. The molecule has 0 amide bonds. The molecule has 1 atom stereocenters.